The fourth-order valence-corrected chi connectivity index (χ4v) is 2.43. The smallest absolute Gasteiger partial charge is 0.416 e. The van der Waals surface area contributed by atoms with E-state index in [-0.39, 0.29) is 19.8 Å². The molecule has 0 N–H and O–H groups in total. The average Bonchev–Trinajstić information content (AvgIpc) is 3.03. The number of carbonyl (C=O) groups is 2. The van der Waals surface area contributed by atoms with Gasteiger partial charge in [-0.2, -0.15) is 0 Å². The molecule has 1 heterocycles. The maximum absolute atomic E-state index is 12.7. The predicted molar refractivity (Wildman–Crippen MR) is 83.5 cm³/mol. The molecule has 1 atom stereocenters. The summed E-state index contributed by atoms with van der Waals surface area (Å²) in [5.74, 6) is -0.394. The molecule has 1 aliphatic rings. The molecule has 0 aromatic heterocycles. The first-order chi connectivity index (χ1) is 11.3. The van der Waals surface area contributed by atoms with E-state index in [9.17, 15) is 9.59 Å². The van der Waals surface area contributed by atoms with Crippen LogP contribution in [-0.4, -0.2) is 30.1 Å². The molecule has 23 heavy (non-hydrogen) atoms. The molecule has 0 aliphatic carbocycles. The molecule has 0 unspecified atom stereocenters. The van der Waals surface area contributed by atoms with E-state index in [1.165, 1.54) is 0 Å². The van der Waals surface area contributed by atoms with Crippen LogP contribution in [0.5, 0.6) is 0 Å². The summed E-state index contributed by atoms with van der Waals surface area (Å²) in [5.41, 5.74) is 1.68. The van der Waals surface area contributed by atoms with E-state index in [1.54, 1.807) is 0 Å². The molecular formula is C18H17NO4. The van der Waals surface area contributed by atoms with Gasteiger partial charge < -0.3 is 9.47 Å². The van der Waals surface area contributed by atoms with Crippen molar-refractivity contribution in [2.45, 2.75) is 12.7 Å². The Morgan fingerprint density at radius 3 is 2.35 bits per heavy atom. The average molecular weight is 311 g/mol. The van der Waals surface area contributed by atoms with Crippen molar-refractivity contribution in [3.8, 4) is 0 Å². The van der Waals surface area contributed by atoms with Crippen LogP contribution in [-0.2, 0) is 20.9 Å². The fraction of sp³-hybridized carbons (Fsp3) is 0.222. The highest BCUT2D eigenvalue weighted by molar-refractivity contribution is 5.95. The number of carbonyl (C=O) groups excluding carboxylic acids is 2. The molecule has 0 spiro atoms. The Bertz CT molecular complexity index is 672. The van der Waals surface area contributed by atoms with Crippen LogP contribution >= 0.6 is 0 Å². The number of hydrogen-bond donors (Lipinski definition) is 0. The standard InChI is InChI=1S/C18H17NO4/c20-17(19-11-12-22-18(19)21)16(15-9-5-2-6-10-15)23-13-14-7-3-1-4-8-14/h1-10,16H,11-13H2/t16-/m1/s1. The van der Waals surface area contributed by atoms with E-state index in [4.69, 9.17) is 9.47 Å². The van der Waals surface area contributed by atoms with Crippen LogP contribution in [0.1, 0.15) is 17.2 Å². The van der Waals surface area contributed by atoms with Crippen molar-refractivity contribution in [2.75, 3.05) is 13.2 Å². The lowest BCUT2D eigenvalue weighted by atomic mass is 10.1. The summed E-state index contributed by atoms with van der Waals surface area (Å²) in [7, 11) is 0. The molecular weight excluding hydrogens is 294 g/mol. The first-order valence-electron chi connectivity index (χ1n) is 7.44. The second kappa shape index (κ2) is 7.07. The Labute approximate surface area is 134 Å². The maximum Gasteiger partial charge on any atom is 0.416 e. The molecule has 1 saturated heterocycles. The van der Waals surface area contributed by atoms with Crippen molar-refractivity contribution in [1.29, 1.82) is 0 Å². The van der Waals surface area contributed by atoms with Gasteiger partial charge in [-0.25, -0.2) is 9.69 Å². The second-order valence-corrected chi connectivity index (χ2v) is 5.19. The molecule has 1 aliphatic heterocycles. The number of amides is 2. The number of nitrogens with zero attached hydrogens (tertiary/aromatic N) is 1. The zero-order valence-corrected chi connectivity index (χ0v) is 12.6. The van der Waals surface area contributed by atoms with Crippen LogP contribution in [0.25, 0.3) is 0 Å². The molecule has 118 valence electrons. The Kier molecular flexibility index (Phi) is 4.68. The van der Waals surface area contributed by atoms with Gasteiger partial charge in [0.15, 0.2) is 6.10 Å². The number of imide groups is 1. The van der Waals surface area contributed by atoms with Gasteiger partial charge in [-0.05, 0) is 11.1 Å². The number of rotatable bonds is 5. The molecule has 0 radical (unpaired) electrons. The third kappa shape index (κ3) is 3.57. The van der Waals surface area contributed by atoms with E-state index in [1.807, 2.05) is 60.7 Å². The summed E-state index contributed by atoms with van der Waals surface area (Å²) in [4.78, 5) is 25.4. The lowest BCUT2D eigenvalue weighted by Crippen LogP contribution is -2.36. The van der Waals surface area contributed by atoms with E-state index in [0.29, 0.717) is 5.56 Å². The molecule has 2 aromatic rings. The summed E-state index contributed by atoms with van der Waals surface area (Å²) in [6.07, 6.45) is -1.44. The summed E-state index contributed by atoms with van der Waals surface area (Å²) in [6.45, 7) is 0.773. The SMILES string of the molecule is O=C1OCCN1C(=O)[C@H](OCc1ccccc1)c1ccccc1. The minimum absolute atomic E-state index is 0.227. The van der Waals surface area contributed by atoms with Gasteiger partial charge in [-0.15, -0.1) is 0 Å². The third-order valence-electron chi connectivity index (χ3n) is 3.61. The van der Waals surface area contributed by atoms with E-state index in [2.05, 4.69) is 0 Å². The van der Waals surface area contributed by atoms with Gasteiger partial charge in [0.1, 0.15) is 6.61 Å². The van der Waals surface area contributed by atoms with E-state index < -0.39 is 18.1 Å². The fourth-order valence-electron chi connectivity index (χ4n) is 2.43. The van der Waals surface area contributed by atoms with Gasteiger partial charge in [0.25, 0.3) is 5.91 Å². The number of cyclic esters (lactones) is 1. The highest BCUT2D eigenvalue weighted by Gasteiger charge is 2.34. The van der Waals surface area contributed by atoms with Gasteiger partial charge in [-0.3, -0.25) is 4.79 Å². The summed E-state index contributed by atoms with van der Waals surface area (Å²) < 4.78 is 10.7. The zero-order valence-electron chi connectivity index (χ0n) is 12.6. The lowest BCUT2D eigenvalue weighted by molar-refractivity contribution is -0.141. The van der Waals surface area contributed by atoms with Gasteiger partial charge in [-0.1, -0.05) is 60.7 Å². The summed E-state index contributed by atoms with van der Waals surface area (Å²) in [5, 5.41) is 0. The second-order valence-electron chi connectivity index (χ2n) is 5.19. The van der Waals surface area contributed by atoms with Crippen molar-refractivity contribution < 1.29 is 19.1 Å². The monoisotopic (exact) mass is 311 g/mol. The lowest BCUT2D eigenvalue weighted by Gasteiger charge is -2.21. The van der Waals surface area contributed by atoms with Crippen molar-refractivity contribution in [2.24, 2.45) is 0 Å². The quantitative estimate of drug-likeness (QED) is 0.852. The minimum Gasteiger partial charge on any atom is -0.447 e. The van der Waals surface area contributed by atoms with Crippen molar-refractivity contribution >= 4 is 12.0 Å². The van der Waals surface area contributed by atoms with Crippen LogP contribution < -0.4 is 0 Å². The maximum atomic E-state index is 12.7. The molecule has 5 nitrogen and oxygen atoms in total. The van der Waals surface area contributed by atoms with Gasteiger partial charge in [0, 0.05) is 0 Å². The Morgan fingerprint density at radius 2 is 1.74 bits per heavy atom. The largest absolute Gasteiger partial charge is 0.447 e. The first kappa shape index (κ1) is 15.2. The molecule has 2 aromatic carbocycles. The minimum atomic E-state index is -0.831. The van der Waals surface area contributed by atoms with Crippen molar-refractivity contribution in [1.82, 2.24) is 4.90 Å². The van der Waals surface area contributed by atoms with E-state index in [0.717, 1.165) is 10.5 Å². The van der Waals surface area contributed by atoms with Gasteiger partial charge in [0.05, 0.1) is 13.2 Å². The highest BCUT2D eigenvalue weighted by Crippen LogP contribution is 2.23. The Hall–Kier alpha value is -2.66. The van der Waals surface area contributed by atoms with Crippen LogP contribution in [0.15, 0.2) is 60.7 Å². The molecule has 0 bridgehead atoms. The molecule has 5 heteroatoms. The predicted octanol–water partition coefficient (Wildman–Crippen LogP) is 2.92. The van der Waals surface area contributed by atoms with Crippen molar-refractivity contribution in [3.63, 3.8) is 0 Å². The van der Waals surface area contributed by atoms with Crippen molar-refractivity contribution in [3.05, 3.63) is 71.8 Å². The van der Waals surface area contributed by atoms with Crippen LogP contribution in [0, 0.1) is 0 Å². The highest BCUT2D eigenvalue weighted by atomic mass is 16.6. The molecule has 1 fully saturated rings. The van der Waals surface area contributed by atoms with Crippen LogP contribution in [0.4, 0.5) is 4.79 Å². The normalized spacial score (nSPS) is 15.3. The summed E-state index contributed by atoms with van der Waals surface area (Å²) >= 11 is 0. The van der Waals surface area contributed by atoms with E-state index >= 15 is 0 Å². The summed E-state index contributed by atoms with van der Waals surface area (Å²) in [6, 6.07) is 18.8. The topological polar surface area (TPSA) is 55.8 Å². The van der Waals surface area contributed by atoms with Gasteiger partial charge in [0.2, 0.25) is 0 Å². The Morgan fingerprint density at radius 1 is 1.09 bits per heavy atom. The first-order valence-corrected chi connectivity index (χ1v) is 7.44. The van der Waals surface area contributed by atoms with Gasteiger partial charge >= 0.3 is 6.09 Å². The number of benzene rings is 2. The number of hydrogen-bond acceptors (Lipinski definition) is 4. The van der Waals surface area contributed by atoms with Crippen LogP contribution in [0.3, 0.4) is 0 Å². The Balaban J connectivity index is 1.79. The zero-order chi connectivity index (χ0) is 16.1. The van der Waals surface area contributed by atoms with Crippen LogP contribution in [0.2, 0.25) is 0 Å². The third-order valence-corrected chi connectivity index (χ3v) is 3.61. The molecule has 3 rings (SSSR count). The number of ether oxygens (including phenoxy) is 2. The molecule has 2 amide bonds. The molecule has 0 saturated carbocycles.